The molecule has 3 heterocycles. The minimum Gasteiger partial charge on any atom is -0.336 e. The number of nitrogens with one attached hydrogen (secondary N) is 1. The van der Waals surface area contributed by atoms with Crippen molar-refractivity contribution in [2.75, 3.05) is 26.2 Å². The lowest BCUT2D eigenvalue weighted by atomic mass is 9.90. The molecule has 20 heavy (non-hydrogen) atoms. The molecule has 2 unspecified atom stereocenters. The Bertz CT molecular complexity index is 560. The quantitative estimate of drug-likeness (QED) is 0.883. The SMILES string of the molecule is CCn1cnc(S(=O)(=O)N2CCC3CNCC3C2)c1.Cl. The molecule has 0 bridgehead atoms. The third kappa shape index (κ3) is 2.72. The van der Waals surface area contributed by atoms with Gasteiger partial charge in [-0.15, -0.1) is 12.4 Å². The number of hydrogen-bond donors (Lipinski definition) is 1. The van der Waals surface area contributed by atoms with Gasteiger partial charge in [0.05, 0.1) is 6.33 Å². The second-order valence-corrected chi connectivity index (χ2v) is 7.26. The van der Waals surface area contributed by atoms with E-state index in [2.05, 4.69) is 10.3 Å². The molecule has 2 fully saturated rings. The van der Waals surface area contributed by atoms with E-state index in [0.717, 1.165) is 26.1 Å². The molecule has 6 nitrogen and oxygen atoms in total. The Morgan fingerprint density at radius 3 is 2.85 bits per heavy atom. The summed E-state index contributed by atoms with van der Waals surface area (Å²) in [4.78, 5) is 4.04. The van der Waals surface area contributed by atoms with Crippen LogP contribution in [0, 0.1) is 11.8 Å². The largest absolute Gasteiger partial charge is 0.336 e. The molecule has 1 aromatic heterocycles. The number of hydrogen-bond acceptors (Lipinski definition) is 4. The summed E-state index contributed by atoms with van der Waals surface area (Å²) >= 11 is 0. The minimum atomic E-state index is -3.42. The van der Waals surface area contributed by atoms with Gasteiger partial charge in [0, 0.05) is 25.8 Å². The van der Waals surface area contributed by atoms with Crippen LogP contribution < -0.4 is 5.32 Å². The summed E-state index contributed by atoms with van der Waals surface area (Å²) in [5, 5.41) is 3.53. The summed E-state index contributed by atoms with van der Waals surface area (Å²) in [7, 11) is -3.42. The van der Waals surface area contributed by atoms with Crippen LogP contribution in [-0.2, 0) is 16.6 Å². The third-order valence-corrected chi connectivity index (χ3v) is 6.00. The molecule has 2 atom stereocenters. The molecule has 0 radical (unpaired) electrons. The van der Waals surface area contributed by atoms with Crippen molar-refractivity contribution in [1.82, 2.24) is 19.2 Å². The van der Waals surface area contributed by atoms with Crippen molar-refractivity contribution in [3.63, 3.8) is 0 Å². The predicted octanol–water partition coefficient (Wildman–Crippen LogP) is 0.555. The Morgan fingerprint density at radius 1 is 1.40 bits per heavy atom. The highest BCUT2D eigenvalue weighted by Gasteiger charge is 2.38. The van der Waals surface area contributed by atoms with Crippen LogP contribution in [-0.4, -0.2) is 48.5 Å². The number of fused-ring (bicyclic) bond motifs is 1. The third-order valence-electron chi connectivity index (χ3n) is 4.25. The highest BCUT2D eigenvalue weighted by Crippen LogP contribution is 2.29. The molecule has 114 valence electrons. The van der Waals surface area contributed by atoms with Crippen molar-refractivity contribution in [2.24, 2.45) is 11.8 Å². The molecule has 8 heteroatoms. The molecular weight excluding hydrogens is 300 g/mol. The number of imidazole rings is 1. The Morgan fingerprint density at radius 2 is 2.15 bits per heavy atom. The van der Waals surface area contributed by atoms with E-state index >= 15 is 0 Å². The average molecular weight is 321 g/mol. The topological polar surface area (TPSA) is 67.2 Å². The molecule has 2 saturated heterocycles. The molecule has 2 aliphatic heterocycles. The van der Waals surface area contributed by atoms with E-state index in [1.807, 2.05) is 6.92 Å². The van der Waals surface area contributed by atoms with Gasteiger partial charge >= 0.3 is 0 Å². The number of aryl methyl sites for hydroxylation is 1. The first-order chi connectivity index (χ1) is 9.11. The molecule has 0 amide bonds. The van der Waals surface area contributed by atoms with Crippen LogP contribution in [0.4, 0.5) is 0 Å². The number of halogens is 1. The van der Waals surface area contributed by atoms with Gasteiger partial charge in [-0.2, -0.15) is 4.31 Å². The first-order valence-corrected chi connectivity index (χ1v) is 8.28. The molecule has 0 aromatic carbocycles. The lowest BCUT2D eigenvalue weighted by Gasteiger charge is -2.32. The molecule has 1 N–H and O–H groups in total. The minimum absolute atomic E-state index is 0. The van der Waals surface area contributed by atoms with E-state index in [9.17, 15) is 8.42 Å². The van der Waals surface area contributed by atoms with Crippen LogP contribution in [0.1, 0.15) is 13.3 Å². The Balaban J connectivity index is 0.00000147. The first-order valence-electron chi connectivity index (χ1n) is 6.84. The number of sulfonamides is 1. The second kappa shape index (κ2) is 6.01. The molecular formula is C12H21ClN4O2S. The van der Waals surface area contributed by atoms with Crippen LogP contribution in [0.2, 0.25) is 0 Å². The van der Waals surface area contributed by atoms with Crippen molar-refractivity contribution >= 4 is 22.4 Å². The number of nitrogens with zero attached hydrogens (tertiary/aromatic N) is 3. The molecule has 1 aromatic rings. The summed E-state index contributed by atoms with van der Waals surface area (Å²) in [5.41, 5.74) is 0. The zero-order valence-electron chi connectivity index (χ0n) is 11.5. The molecule has 0 aliphatic carbocycles. The standard InChI is InChI=1S/C12H20N4O2S.ClH/c1-2-15-8-12(14-9-15)19(17,18)16-4-3-10-5-13-6-11(10)7-16;/h8-11,13H,2-7H2,1H3;1H. The van der Waals surface area contributed by atoms with E-state index < -0.39 is 10.0 Å². The zero-order valence-corrected chi connectivity index (χ0v) is 13.2. The van der Waals surface area contributed by atoms with Crippen LogP contribution in [0.15, 0.2) is 17.6 Å². The van der Waals surface area contributed by atoms with E-state index in [-0.39, 0.29) is 17.4 Å². The highest BCUT2D eigenvalue weighted by molar-refractivity contribution is 7.89. The fraction of sp³-hybridized carbons (Fsp3) is 0.750. The smallest absolute Gasteiger partial charge is 0.262 e. The molecule has 0 saturated carbocycles. The first kappa shape index (κ1) is 15.8. The van der Waals surface area contributed by atoms with Crippen LogP contribution >= 0.6 is 12.4 Å². The van der Waals surface area contributed by atoms with E-state index in [1.165, 1.54) is 0 Å². The van der Waals surface area contributed by atoms with Crippen molar-refractivity contribution in [1.29, 1.82) is 0 Å². The maximum absolute atomic E-state index is 12.5. The van der Waals surface area contributed by atoms with Gasteiger partial charge in [0.15, 0.2) is 5.03 Å². The normalized spacial score (nSPS) is 27.1. The van der Waals surface area contributed by atoms with Gasteiger partial charge < -0.3 is 9.88 Å². The van der Waals surface area contributed by atoms with Gasteiger partial charge in [0.25, 0.3) is 10.0 Å². The zero-order chi connectivity index (χ0) is 13.5. The summed E-state index contributed by atoms with van der Waals surface area (Å²) in [6.45, 7) is 5.90. The van der Waals surface area contributed by atoms with Crippen LogP contribution in [0.25, 0.3) is 0 Å². The van der Waals surface area contributed by atoms with Crippen molar-refractivity contribution in [3.05, 3.63) is 12.5 Å². The summed E-state index contributed by atoms with van der Waals surface area (Å²) in [6.07, 6.45) is 4.15. The highest BCUT2D eigenvalue weighted by atomic mass is 35.5. The average Bonchev–Trinajstić information content (AvgIpc) is 3.06. The maximum Gasteiger partial charge on any atom is 0.262 e. The van der Waals surface area contributed by atoms with Crippen molar-refractivity contribution in [3.8, 4) is 0 Å². The lowest BCUT2D eigenvalue weighted by molar-refractivity contribution is 0.227. The van der Waals surface area contributed by atoms with Gasteiger partial charge in [-0.3, -0.25) is 0 Å². The number of piperidine rings is 1. The predicted molar refractivity (Wildman–Crippen MR) is 78.4 cm³/mol. The lowest BCUT2D eigenvalue weighted by Crippen LogP contribution is -2.43. The Hall–Kier alpha value is -0.630. The van der Waals surface area contributed by atoms with Gasteiger partial charge in [0.2, 0.25) is 0 Å². The molecule has 3 rings (SSSR count). The van der Waals surface area contributed by atoms with E-state index in [4.69, 9.17) is 0 Å². The summed E-state index contributed by atoms with van der Waals surface area (Å²) < 4.78 is 28.5. The van der Waals surface area contributed by atoms with E-state index in [1.54, 1.807) is 21.4 Å². The fourth-order valence-corrected chi connectivity index (χ4v) is 4.44. The maximum atomic E-state index is 12.5. The van der Waals surface area contributed by atoms with Crippen LogP contribution in [0.3, 0.4) is 0 Å². The second-order valence-electron chi connectivity index (χ2n) is 5.37. The fourth-order valence-electron chi connectivity index (χ4n) is 3.00. The van der Waals surface area contributed by atoms with Gasteiger partial charge in [-0.25, -0.2) is 13.4 Å². The number of rotatable bonds is 3. The Labute approximate surface area is 126 Å². The molecule has 0 spiro atoms. The molecule has 2 aliphatic rings. The van der Waals surface area contributed by atoms with Crippen LogP contribution in [0.5, 0.6) is 0 Å². The van der Waals surface area contributed by atoms with Gasteiger partial charge in [-0.1, -0.05) is 0 Å². The number of aromatic nitrogens is 2. The monoisotopic (exact) mass is 320 g/mol. The Kier molecular flexibility index (Phi) is 4.73. The summed E-state index contributed by atoms with van der Waals surface area (Å²) in [6, 6.07) is 0. The van der Waals surface area contributed by atoms with Crippen molar-refractivity contribution < 1.29 is 8.42 Å². The van der Waals surface area contributed by atoms with Gasteiger partial charge in [-0.05, 0) is 38.3 Å². The van der Waals surface area contributed by atoms with Crippen molar-refractivity contribution in [2.45, 2.75) is 24.9 Å². The van der Waals surface area contributed by atoms with Gasteiger partial charge in [0.1, 0.15) is 0 Å². The van der Waals surface area contributed by atoms with E-state index in [0.29, 0.717) is 24.9 Å². The summed E-state index contributed by atoms with van der Waals surface area (Å²) in [5.74, 6) is 1.09.